The zero-order valence-electron chi connectivity index (χ0n) is 14.6. The highest BCUT2D eigenvalue weighted by Crippen LogP contribution is 2.25. The molecule has 0 saturated heterocycles. The van der Waals surface area contributed by atoms with Crippen molar-refractivity contribution in [1.29, 1.82) is 0 Å². The van der Waals surface area contributed by atoms with Gasteiger partial charge in [-0.15, -0.1) is 0 Å². The molecule has 0 aliphatic rings. The summed E-state index contributed by atoms with van der Waals surface area (Å²) in [6.07, 6.45) is 0. The second kappa shape index (κ2) is 7.81. The summed E-state index contributed by atoms with van der Waals surface area (Å²) in [5, 5.41) is 0. The van der Waals surface area contributed by atoms with Crippen LogP contribution in [0.1, 0.15) is 51.5 Å². The highest BCUT2D eigenvalue weighted by atomic mass is 16.5. The molecular weight excluding hydrogens is 306 g/mol. The maximum atomic E-state index is 12.4. The molecule has 24 heavy (non-hydrogen) atoms. The minimum absolute atomic E-state index is 0.253. The fourth-order valence-electron chi connectivity index (χ4n) is 2.79. The van der Waals surface area contributed by atoms with E-state index in [1.807, 2.05) is 48.7 Å². The Hall–Kier alpha value is -2.56. The van der Waals surface area contributed by atoms with Crippen LogP contribution in [0.25, 0.3) is 0 Å². The highest BCUT2D eigenvalue weighted by molar-refractivity contribution is 6.05. The average Bonchev–Trinajstić information content (AvgIpc) is 2.81. The van der Waals surface area contributed by atoms with Gasteiger partial charge in [0.1, 0.15) is 0 Å². The Bertz CT molecular complexity index is 690. The number of carbonyl (C=O) groups excluding carboxylic acids is 2. The van der Waals surface area contributed by atoms with Crippen LogP contribution < -0.4 is 0 Å². The lowest BCUT2D eigenvalue weighted by Gasteiger charge is -2.10. The molecular formula is C19H23NO4. The maximum Gasteiger partial charge on any atom is 0.340 e. The van der Waals surface area contributed by atoms with Crippen LogP contribution in [0.15, 0.2) is 30.3 Å². The van der Waals surface area contributed by atoms with Crippen LogP contribution in [-0.4, -0.2) is 29.7 Å². The smallest absolute Gasteiger partial charge is 0.340 e. The largest absolute Gasteiger partial charge is 0.462 e. The van der Waals surface area contributed by atoms with Crippen LogP contribution in [0.4, 0.5) is 0 Å². The number of benzene rings is 1. The van der Waals surface area contributed by atoms with Gasteiger partial charge >= 0.3 is 11.9 Å². The predicted molar refractivity (Wildman–Crippen MR) is 91.4 cm³/mol. The van der Waals surface area contributed by atoms with Gasteiger partial charge in [-0.1, -0.05) is 30.3 Å². The van der Waals surface area contributed by atoms with E-state index in [0.29, 0.717) is 29.1 Å². The highest BCUT2D eigenvalue weighted by Gasteiger charge is 2.29. The molecule has 0 atom stereocenters. The first kappa shape index (κ1) is 17.8. The van der Waals surface area contributed by atoms with Gasteiger partial charge in [-0.2, -0.15) is 0 Å². The second-order valence-corrected chi connectivity index (χ2v) is 5.43. The molecule has 0 amide bonds. The first-order chi connectivity index (χ1) is 11.5. The lowest BCUT2D eigenvalue weighted by atomic mass is 10.1. The molecule has 2 aromatic rings. The van der Waals surface area contributed by atoms with Gasteiger partial charge in [0.2, 0.25) is 0 Å². The molecule has 5 nitrogen and oxygen atoms in total. The van der Waals surface area contributed by atoms with E-state index >= 15 is 0 Å². The summed E-state index contributed by atoms with van der Waals surface area (Å²) in [6, 6.07) is 9.89. The van der Waals surface area contributed by atoms with Crippen molar-refractivity contribution in [1.82, 2.24) is 4.57 Å². The fourth-order valence-corrected chi connectivity index (χ4v) is 2.79. The molecule has 0 radical (unpaired) electrons. The van der Waals surface area contributed by atoms with Crippen LogP contribution in [0, 0.1) is 13.8 Å². The third-order valence-electron chi connectivity index (χ3n) is 3.93. The summed E-state index contributed by atoms with van der Waals surface area (Å²) in [5.74, 6) is -0.985. The van der Waals surface area contributed by atoms with E-state index in [-0.39, 0.29) is 13.2 Å². The Morgan fingerprint density at radius 1 is 0.875 bits per heavy atom. The topological polar surface area (TPSA) is 57.5 Å². The summed E-state index contributed by atoms with van der Waals surface area (Å²) >= 11 is 0. The van der Waals surface area contributed by atoms with Crippen molar-refractivity contribution in [3.05, 3.63) is 58.4 Å². The number of ether oxygens (including phenoxy) is 2. The standard InChI is InChI=1S/C19H23NO4/c1-5-23-18(21)16-13(3)20(12-15-10-8-7-9-11-15)14(4)17(16)19(22)24-6-2/h7-11H,5-6,12H2,1-4H3. The van der Waals surface area contributed by atoms with Gasteiger partial charge in [0.05, 0.1) is 24.3 Å². The quantitative estimate of drug-likeness (QED) is 0.761. The molecule has 0 spiro atoms. The third kappa shape index (κ3) is 3.50. The predicted octanol–water partition coefficient (Wildman–Crippen LogP) is 3.51. The first-order valence-electron chi connectivity index (χ1n) is 8.09. The molecule has 0 unspecified atom stereocenters. The van der Waals surface area contributed by atoms with Gasteiger partial charge in [0, 0.05) is 17.9 Å². The molecule has 2 rings (SSSR count). The number of nitrogens with zero attached hydrogens (tertiary/aromatic N) is 1. The van der Waals surface area contributed by atoms with Crippen molar-refractivity contribution in [3.8, 4) is 0 Å². The van der Waals surface area contributed by atoms with Crippen LogP contribution in [0.3, 0.4) is 0 Å². The van der Waals surface area contributed by atoms with E-state index in [2.05, 4.69) is 0 Å². The number of carbonyl (C=O) groups is 2. The SMILES string of the molecule is CCOC(=O)c1c(C(=O)OCC)c(C)n(Cc2ccccc2)c1C. The number of rotatable bonds is 6. The molecule has 0 saturated carbocycles. The monoisotopic (exact) mass is 329 g/mol. The molecule has 0 fully saturated rings. The van der Waals surface area contributed by atoms with Crippen molar-refractivity contribution in [2.24, 2.45) is 0 Å². The van der Waals surface area contributed by atoms with Crippen LogP contribution in [-0.2, 0) is 16.0 Å². The first-order valence-corrected chi connectivity index (χ1v) is 8.09. The summed E-state index contributed by atoms with van der Waals surface area (Å²) in [7, 11) is 0. The fraction of sp³-hybridized carbons (Fsp3) is 0.368. The van der Waals surface area contributed by atoms with Crippen LogP contribution >= 0.6 is 0 Å². The van der Waals surface area contributed by atoms with Crippen LogP contribution in [0.2, 0.25) is 0 Å². The molecule has 0 aliphatic carbocycles. The van der Waals surface area contributed by atoms with Crippen molar-refractivity contribution in [2.75, 3.05) is 13.2 Å². The normalized spacial score (nSPS) is 10.5. The van der Waals surface area contributed by atoms with Gasteiger partial charge in [0.15, 0.2) is 0 Å². The molecule has 1 aromatic heterocycles. The van der Waals surface area contributed by atoms with E-state index < -0.39 is 11.9 Å². The van der Waals surface area contributed by atoms with Gasteiger partial charge in [-0.05, 0) is 33.3 Å². The molecule has 128 valence electrons. The van der Waals surface area contributed by atoms with Gasteiger partial charge < -0.3 is 14.0 Å². The van der Waals surface area contributed by atoms with E-state index in [1.54, 1.807) is 13.8 Å². The van der Waals surface area contributed by atoms with Crippen molar-refractivity contribution in [2.45, 2.75) is 34.2 Å². The number of hydrogen-bond donors (Lipinski definition) is 0. The molecule has 0 bridgehead atoms. The molecule has 1 heterocycles. The van der Waals surface area contributed by atoms with Crippen molar-refractivity contribution in [3.63, 3.8) is 0 Å². The summed E-state index contributed by atoms with van der Waals surface area (Å²) < 4.78 is 12.2. The van der Waals surface area contributed by atoms with Crippen molar-refractivity contribution >= 4 is 11.9 Å². The minimum atomic E-state index is -0.493. The van der Waals surface area contributed by atoms with E-state index in [1.165, 1.54) is 0 Å². The lowest BCUT2D eigenvalue weighted by molar-refractivity contribution is 0.0479. The van der Waals surface area contributed by atoms with E-state index in [4.69, 9.17) is 9.47 Å². The van der Waals surface area contributed by atoms with Crippen LogP contribution in [0.5, 0.6) is 0 Å². The van der Waals surface area contributed by atoms with E-state index in [0.717, 1.165) is 5.56 Å². The minimum Gasteiger partial charge on any atom is -0.462 e. The Labute approximate surface area is 142 Å². The molecule has 0 aliphatic heterocycles. The maximum absolute atomic E-state index is 12.4. The lowest BCUT2D eigenvalue weighted by Crippen LogP contribution is -2.13. The zero-order chi connectivity index (χ0) is 17.7. The number of aromatic nitrogens is 1. The van der Waals surface area contributed by atoms with Crippen molar-refractivity contribution < 1.29 is 19.1 Å². The number of hydrogen-bond acceptors (Lipinski definition) is 4. The van der Waals surface area contributed by atoms with Gasteiger partial charge in [-0.3, -0.25) is 0 Å². The zero-order valence-corrected chi connectivity index (χ0v) is 14.6. The Balaban J connectivity index is 2.54. The Kier molecular flexibility index (Phi) is 5.79. The molecule has 1 aromatic carbocycles. The summed E-state index contributed by atoms with van der Waals surface area (Å²) in [6.45, 7) is 8.21. The van der Waals surface area contributed by atoms with Gasteiger partial charge in [-0.25, -0.2) is 9.59 Å². The molecule has 5 heteroatoms. The Morgan fingerprint density at radius 2 is 1.33 bits per heavy atom. The Morgan fingerprint density at radius 3 is 1.75 bits per heavy atom. The molecule has 0 N–H and O–H groups in total. The third-order valence-corrected chi connectivity index (χ3v) is 3.93. The second-order valence-electron chi connectivity index (χ2n) is 5.43. The van der Waals surface area contributed by atoms with Gasteiger partial charge in [0.25, 0.3) is 0 Å². The average molecular weight is 329 g/mol. The summed E-state index contributed by atoms with van der Waals surface area (Å²) in [4.78, 5) is 24.7. The number of esters is 2. The summed E-state index contributed by atoms with van der Waals surface area (Å²) in [5.41, 5.74) is 3.09. The van der Waals surface area contributed by atoms with E-state index in [9.17, 15) is 9.59 Å².